The first-order valence-corrected chi connectivity index (χ1v) is 7.24. The van der Waals surface area contributed by atoms with Gasteiger partial charge in [0.15, 0.2) is 5.78 Å². The number of nitrogens with zero attached hydrogens (tertiary/aromatic N) is 2. The van der Waals surface area contributed by atoms with Crippen LogP contribution in [-0.4, -0.2) is 34.0 Å². The van der Waals surface area contributed by atoms with Crippen molar-refractivity contribution in [3.63, 3.8) is 0 Å². The zero-order valence-corrected chi connectivity index (χ0v) is 13.6. The Morgan fingerprint density at radius 2 is 1.23 bits per heavy atom. The standard InChI is InChI=1S/C19H22N2O/c1-20(2)17-10-5-15(6-11-17)7-14-19(22)16-8-12-18(13-9-16)21(3)4/h5-14H,1-4H3/b14-7+. The van der Waals surface area contributed by atoms with Gasteiger partial charge in [0.05, 0.1) is 0 Å². The summed E-state index contributed by atoms with van der Waals surface area (Å²) >= 11 is 0. The molecule has 114 valence electrons. The highest BCUT2D eigenvalue weighted by atomic mass is 16.1. The summed E-state index contributed by atoms with van der Waals surface area (Å²) in [4.78, 5) is 16.2. The molecule has 0 atom stereocenters. The van der Waals surface area contributed by atoms with Crippen molar-refractivity contribution in [2.24, 2.45) is 0 Å². The predicted molar refractivity (Wildman–Crippen MR) is 94.9 cm³/mol. The van der Waals surface area contributed by atoms with E-state index in [1.54, 1.807) is 6.08 Å². The average Bonchev–Trinajstić information content (AvgIpc) is 2.53. The Balaban J connectivity index is 2.07. The molecule has 3 nitrogen and oxygen atoms in total. The third-order valence-electron chi connectivity index (χ3n) is 3.50. The fraction of sp³-hybridized carbons (Fsp3) is 0.211. The van der Waals surface area contributed by atoms with Crippen molar-refractivity contribution in [2.45, 2.75) is 0 Å². The summed E-state index contributed by atoms with van der Waals surface area (Å²) in [6.07, 6.45) is 3.47. The summed E-state index contributed by atoms with van der Waals surface area (Å²) < 4.78 is 0. The summed E-state index contributed by atoms with van der Waals surface area (Å²) in [6.45, 7) is 0. The zero-order chi connectivity index (χ0) is 16.1. The van der Waals surface area contributed by atoms with Gasteiger partial charge < -0.3 is 9.80 Å². The number of carbonyl (C=O) groups excluding carboxylic acids is 1. The lowest BCUT2D eigenvalue weighted by Crippen LogP contribution is -2.08. The maximum Gasteiger partial charge on any atom is 0.185 e. The molecule has 0 bridgehead atoms. The molecule has 0 amide bonds. The second kappa shape index (κ2) is 6.94. The molecule has 0 aromatic heterocycles. The van der Waals surface area contributed by atoms with E-state index in [9.17, 15) is 4.79 Å². The molecule has 0 N–H and O–H groups in total. The molecule has 0 radical (unpaired) electrons. The average molecular weight is 294 g/mol. The molecular formula is C19H22N2O. The minimum atomic E-state index is 0.0157. The zero-order valence-electron chi connectivity index (χ0n) is 13.6. The molecule has 3 heteroatoms. The second-order valence-electron chi connectivity index (χ2n) is 5.62. The topological polar surface area (TPSA) is 23.6 Å². The molecule has 0 saturated heterocycles. The van der Waals surface area contributed by atoms with Crippen LogP contribution in [0.2, 0.25) is 0 Å². The van der Waals surface area contributed by atoms with Gasteiger partial charge in [0.1, 0.15) is 0 Å². The minimum Gasteiger partial charge on any atom is -0.378 e. The molecule has 2 aromatic carbocycles. The van der Waals surface area contributed by atoms with Crippen LogP contribution in [0, 0.1) is 0 Å². The van der Waals surface area contributed by atoms with Gasteiger partial charge >= 0.3 is 0 Å². The quantitative estimate of drug-likeness (QED) is 0.620. The smallest absolute Gasteiger partial charge is 0.185 e. The molecule has 0 saturated carbocycles. The van der Waals surface area contributed by atoms with Crippen LogP contribution in [0.4, 0.5) is 11.4 Å². The lowest BCUT2D eigenvalue weighted by molar-refractivity contribution is 0.104. The van der Waals surface area contributed by atoms with Crippen molar-refractivity contribution in [3.8, 4) is 0 Å². The van der Waals surface area contributed by atoms with Gasteiger partial charge in [-0.3, -0.25) is 4.79 Å². The van der Waals surface area contributed by atoms with E-state index in [1.165, 1.54) is 0 Å². The summed E-state index contributed by atoms with van der Waals surface area (Å²) in [6, 6.07) is 15.7. The fourth-order valence-electron chi connectivity index (χ4n) is 2.08. The molecule has 2 aromatic rings. The van der Waals surface area contributed by atoms with Crippen LogP contribution < -0.4 is 9.80 Å². The summed E-state index contributed by atoms with van der Waals surface area (Å²) in [5, 5.41) is 0. The number of ketones is 1. The van der Waals surface area contributed by atoms with Gasteiger partial charge in [-0.15, -0.1) is 0 Å². The molecule has 0 aliphatic carbocycles. The van der Waals surface area contributed by atoms with E-state index in [1.807, 2.05) is 92.6 Å². The van der Waals surface area contributed by atoms with Gasteiger partial charge in [0.2, 0.25) is 0 Å². The highest BCUT2D eigenvalue weighted by molar-refractivity contribution is 6.07. The van der Waals surface area contributed by atoms with Gasteiger partial charge in [-0.25, -0.2) is 0 Å². The van der Waals surface area contributed by atoms with Crippen molar-refractivity contribution < 1.29 is 4.79 Å². The number of carbonyl (C=O) groups is 1. The molecule has 0 fully saturated rings. The Kier molecular flexibility index (Phi) is 4.99. The van der Waals surface area contributed by atoms with Gasteiger partial charge in [0, 0.05) is 45.1 Å². The van der Waals surface area contributed by atoms with Crippen LogP contribution in [0.5, 0.6) is 0 Å². The Hall–Kier alpha value is -2.55. The van der Waals surface area contributed by atoms with Gasteiger partial charge in [-0.2, -0.15) is 0 Å². The number of rotatable bonds is 5. The van der Waals surface area contributed by atoms with E-state index in [0.29, 0.717) is 5.56 Å². The fourth-order valence-corrected chi connectivity index (χ4v) is 2.08. The lowest BCUT2D eigenvalue weighted by atomic mass is 10.1. The molecule has 2 rings (SSSR count). The largest absolute Gasteiger partial charge is 0.378 e. The monoisotopic (exact) mass is 294 g/mol. The molecule has 0 heterocycles. The maximum atomic E-state index is 12.2. The number of allylic oxidation sites excluding steroid dienone is 1. The number of benzene rings is 2. The van der Waals surface area contributed by atoms with Crippen LogP contribution >= 0.6 is 0 Å². The van der Waals surface area contributed by atoms with E-state index in [0.717, 1.165) is 16.9 Å². The molecular weight excluding hydrogens is 272 g/mol. The van der Waals surface area contributed by atoms with E-state index in [2.05, 4.69) is 0 Å². The van der Waals surface area contributed by atoms with Crippen LogP contribution in [0.15, 0.2) is 54.6 Å². The van der Waals surface area contributed by atoms with Crippen molar-refractivity contribution in [1.29, 1.82) is 0 Å². The number of anilines is 2. The molecule has 0 aliphatic rings. The van der Waals surface area contributed by atoms with Crippen LogP contribution in [0.1, 0.15) is 15.9 Å². The highest BCUT2D eigenvalue weighted by Gasteiger charge is 2.02. The Bertz CT molecular complexity index is 653. The number of hydrogen-bond acceptors (Lipinski definition) is 3. The second-order valence-corrected chi connectivity index (χ2v) is 5.62. The Morgan fingerprint density at radius 1 is 0.773 bits per heavy atom. The maximum absolute atomic E-state index is 12.2. The van der Waals surface area contributed by atoms with Crippen LogP contribution in [0.3, 0.4) is 0 Å². The number of hydrogen-bond donors (Lipinski definition) is 0. The lowest BCUT2D eigenvalue weighted by Gasteiger charge is -2.12. The van der Waals surface area contributed by atoms with Gasteiger partial charge in [-0.05, 0) is 48.0 Å². The third kappa shape index (κ3) is 3.98. The molecule has 0 aliphatic heterocycles. The first kappa shape index (κ1) is 15.8. The first-order chi connectivity index (χ1) is 10.5. The van der Waals surface area contributed by atoms with E-state index >= 15 is 0 Å². The predicted octanol–water partition coefficient (Wildman–Crippen LogP) is 3.71. The normalized spacial score (nSPS) is 10.7. The van der Waals surface area contributed by atoms with E-state index < -0.39 is 0 Å². The van der Waals surface area contributed by atoms with Gasteiger partial charge in [0.25, 0.3) is 0 Å². The van der Waals surface area contributed by atoms with Crippen molar-refractivity contribution in [1.82, 2.24) is 0 Å². The van der Waals surface area contributed by atoms with Crippen molar-refractivity contribution >= 4 is 23.2 Å². The molecule has 0 spiro atoms. The summed E-state index contributed by atoms with van der Waals surface area (Å²) in [5.74, 6) is 0.0157. The van der Waals surface area contributed by atoms with Crippen molar-refractivity contribution in [2.75, 3.05) is 38.0 Å². The van der Waals surface area contributed by atoms with E-state index in [-0.39, 0.29) is 5.78 Å². The Morgan fingerprint density at radius 3 is 1.68 bits per heavy atom. The summed E-state index contributed by atoms with van der Waals surface area (Å²) in [5.41, 5.74) is 3.94. The molecule has 0 unspecified atom stereocenters. The van der Waals surface area contributed by atoms with Gasteiger partial charge in [-0.1, -0.05) is 18.2 Å². The summed E-state index contributed by atoms with van der Waals surface area (Å²) in [7, 11) is 7.97. The van der Waals surface area contributed by atoms with Crippen LogP contribution in [-0.2, 0) is 0 Å². The third-order valence-corrected chi connectivity index (χ3v) is 3.50. The van der Waals surface area contributed by atoms with Crippen LogP contribution in [0.25, 0.3) is 6.08 Å². The Labute approximate surface area is 132 Å². The minimum absolute atomic E-state index is 0.0157. The first-order valence-electron chi connectivity index (χ1n) is 7.24. The molecule has 22 heavy (non-hydrogen) atoms. The van der Waals surface area contributed by atoms with Crippen molar-refractivity contribution in [3.05, 3.63) is 65.7 Å². The van der Waals surface area contributed by atoms with E-state index in [4.69, 9.17) is 0 Å². The SMILES string of the molecule is CN(C)c1ccc(/C=C/C(=O)c2ccc(N(C)C)cc2)cc1. The highest BCUT2D eigenvalue weighted by Crippen LogP contribution is 2.15.